The molecule has 0 radical (unpaired) electrons. The fourth-order valence-corrected chi connectivity index (χ4v) is 3.25. The maximum absolute atomic E-state index is 14.1. The summed E-state index contributed by atoms with van der Waals surface area (Å²) >= 11 is 0. The van der Waals surface area contributed by atoms with E-state index < -0.39 is 11.7 Å². The highest BCUT2D eigenvalue weighted by Gasteiger charge is 2.23. The Kier molecular flexibility index (Phi) is 4.50. The summed E-state index contributed by atoms with van der Waals surface area (Å²) in [7, 11) is 0. The van der Waals surface area contributed by atoms with Crippen molar-refractivity contribution in [1.29, 1.82) is 0 Å². The van der Waals surface area contributed by atoms with Gasteiger partial charge in [0.2, 0.25) is 0 Å². The Labute approximate surface area is 155 Å². The average molecular weight is 366 g/mol. The molecule has 1 saturated heterocycles. The van der Waals surface area contributed by atoms with Crippen molar-refractivity contribution in [1.82, 2.24) is 15.6 Å². The molecule has 138 valence electrons. The van der Waals surface area contributed by atoms with Crippen LogP contribution in [0.25, 0.3) is 10.9 Å². The number of anilines is 1. The standard InChI is InChI=1S/C20H19FN4O2/c21-17-6-5-15(25-10-9-23-20(25)27)12-16(17)19(26)22-8-7-14-11-13-3-1-2-4-18(13)24-14/h1-6,11-12,24H,7-10H2,(H,22,26)(H,23,27). The van der Waals surface area contributed by atoms with Crippen LogP contribution < -0.4 is 15.5 Å². The lowest BCUT2D eigenvalue weighted by Gasteiger charge is -2.15. The molecule has 0 aliphatic carbocycles. The first-order valence-corrected chi connectivity index (χ1v) is 8.81. The van der Waals surface area contributed by atoms with Gasteiger partial charge in [-0.15, -0.1) is 0 Å². The summed E-state index contributed by atoms with van der Waals surface area (Å²) in [6.07, 6.45) is 0.607. The third kappa shape index (κ3) is 3.48. The summed E-state index contributed by atoms with van der Waals surface area (Å²) < 4.78 is 14.1. The first kappa shape index (κ1) is 17.1. The van der Waals surface area contributed by atoms with Gasteiger partial charge >= 0.3 is 6.03 Å². The Balaban J connectivity index is 1.42. The minimum absolute atomic E-state index is 0.0659. The Morgan fingerprint density at radius 3 is 2.81 bits per heavy atom. The van der Waals surface area contributed by atoms with Crippen LogP contribution in [0, 0.1) is 5.82 Å². The molecule has 1 fully saturated rings. The quantitative estimate of drug-likeness (QED) is 0.649. The lowest BCUT2D eigenvalue weighted by atomic mass is 10.1. The zero-order chi connectivity index (χ0) is 18.8. The summed E-state index contributed by atoms with van der Waals surface area (Å²) in [5.41, 5.74) is 2.48. The van der Waals surface area contributed by atoms with Crippen LogP contribution >= 0.6 is 0 Å². The Morgan fingerprint density at radius 2 is 2.04 bits per heavy atom. The predicted molar refractivity (Wildman–Crippen MR) is 101 cm³/mol. The van der Waals surface area contributed by atoms with Gasteiger partial charge in [-0.25, -0.2) is 9.18 Å². The van der Waals surface area contributed by atoms with Crippen molar-refractivity contribution in [2.45, 2.75) is 6.42 Å². The molecule has 2 aromatic carbocycles. The van der Waals surface area contributed by atoms with Gasteiger partial charge in [0.1, 0.15) is 5.82 Å². The third-order valence-corrected chi connectivity index (χ3v) is 4.63. The molecule has 27 heavy (non-hydrogen) atoms. The molecule has 3 N–H and O–H groups in total. The number of hydrogen-bond acceptors (Lipinski definition) is 2. The van der Waals surface area contributed by atoms with Crippen molar-refractivity contribution in [3.63, 3.8) is 0 Å². The number of halogens is 1. The molecule has 1 aromatic heterocycles. The number of carbonyl (C=O) groups excluding carboxylic acids is 2. The second-order valence-corrected chi connectivity index (χ2v) is 6.44. The van der Waals surface area contributed by atoms with Crippen molar-refractivity contribution >= 4 is 28.5 Å². The maximum Gasteiger partial charge on any atom is 0.321 e. The van der Waals surface area contributed by atoms with E-state index in [1.807, 2.05) is 30.3 Å². The number of nitrogens with zero attached hydrogens (tertiary/aromatic N) is 1. The van der Waals surface area contributed by atoms with Gasteiger partial charge in [0.05, 0.1) is 5.56 Å². The van der Waals surface area contributed by atoms with Gasteiger partial charge in [-0.05, 0) is 35.7 Å². The van der Waals surface area contributed by atoms with Crippen LogP contribution in [-0.2, 0) is 6.42 Å². The van der Waals surface area contributed by atoms with Gasteiger partial charge in [-0.1, -0.05) is 18.2 Å². The van der Waals surface area contributed by atoms with Crippen LogP contribution in [0.15, 0.2) is 48.5 Å². The lowest BCUT2D eigenvalue weighted by Crippen LogP contribution is -2.29. The number of rotatable bonds is 5. The topological polar surface area (TPSA) is 77.2 Å². The van der Waals surface area contributed by atoms with E-state index >= 15 is 0 Å². The Hall–Kier alpha value is -3.35. The molecule has 0 saturated carbocycles. The summed E-state index contributed by atoms with van der Waals surface area (Å²) in [5, 5.41) is 6.54. The molecule has 3 amide bonds. The largest absolute Gasteiger partial charge is 0.358 e. The molecule has 0 spiro atoms. The molecule has 1 aliphatic heterocycles. The smallest absolute Gasteiger partial charge is 0.321 e. The van der Waals surface area contributed by atoms with Crippen molar-refractivity contribution in [3.05, 3.63) is 65.6 Å². The van der Waals surface area contributed by atoms with E-state index in [-0.39, 0.29) is 11.6 Å². The molecule has 2 heterocycles. The number of carbonyl (C=O) groups is 2. The third-order valence-electron chi connectivity index (χ3n) is 4.63. The van der Waals surface area contributed by atoms with E-state index in [4.69, 9.17) is 0 Å². The van der Waals surface area contributed by atoms with E-state index in [0.29, 0.717) is 31.7 Å². The number of amides is 3. The number of H-pyrrole nitrogens is 1. The van der Waals surface area contributed by atoms with Crippen molar-refractivity contribution < 1.29 is 14.0 Å². The fourth-order valence-electron chi connectivity index (χ4n) is 3.25. The minimum Gasteiger partial charge on any atom is -0.358 e. The van der Waals surface area contributed by atoms with E-state index in [0.717, 1.165) is 16.6 Å². The number of urea groups is 1. The molecule has 6 nitrogen and oxygen atoms in total. The summed E-state index contributed by atoms with van der Waals surface area (Å²) in [6, 6.07) is 13.9. The van der Waals surface area contributed by atoms with Crippen LogP contribution in [0.2, 0.25) is 0 Å². The number of aromatic nitrogens is 1. The van der Waals surface area contributed by atoms with Crippen LogP contribution in [0.5, 0.6) is 0 Å². The molecule has 3 aromatic rings. The maximum atomic E-state index is 14.1. The molecular weight excluding hydrogens is 347 g/mol. The van der Waals surface area contributed by atoms with Crippen molar-refractivity contribution in [3.8, 4) is 0 Å². The van der Waals surface area contributed by atoms with Gasteiger partial charge in [-0.3, -0.25) is 9.69 Å². The number of aromatic amines is 1. The van der Waals surface area contributed by atoms with Gasteiger partial charge in [0.25, 0.3) is 5.91 Å². The van der Waals surface area contributed by atoms with Crippen LogP contribution in [-0.4, -0.2) is 36.6 Å². The zero-order valence-electron chi connectivity index (χ0n) is 14.6. The fraction of sp³-hybridized carbons (Fsp3) is 0.200. The average Bonchev–Trinajstić information content (AvgIpc) is 3.27. The highest BCUT2D eigenvalue weighted by atomic mass is 19.1. The number of fused-ring (bicyclic) bond motifs is 1. The van der Waals surface area contributed by atoms with E-state index in [2.05, 4.69) is 15.6 Å². The normalized spacial score (nSPS) is 13.8. The highest BCUT2D eigenvalue weighted by Crippen LogP contribution is 2.21. The van der Waals surface area contributed by atoms with Crippen molar-refractivity contribution in [2.24, 2.45) is 0 Å². The molecule has 0 atom stereocenters. The number of nitrogens with one attached hydrogen (secondary N) is 3. The summed E-state index contributed by atoms with van der Waals surface area (Å²) in [5.74, 6) is -1.11. The molecule has 0 bridgehead atoms. The number of benzene rings is 2. The molecular formula is C20H19FN4O2. The first-order chi connectivity index (χ1) is 13.1. The van der Waals surface area contributed by atoms with Gasteiger partial charge in [0, 0.05) is 43.0 Å². The van der Waals surface area contributed by atoms with E-state index in [1.54, 1.807) is 0 Å². The van der Waals surface area contributed by atoms with Crippen molar-refractivity contribution in [2.75, 3.05) is 24.5 Å². The number of para-hydroxylation sites is 1. The molecule has 7 heteroatoms. The molecule has 0 unspecified atom stereocenters. The van der Waals surface area contributed by atoms with E-state index in [9.17, 15) is 14.0 Å². The van der Waals surface area contributed by atoms with Crippen LogP contribution in [0.4, 0.5) is 14.9 Å². The van der Waals surface area contributed by atoms with Gasteiger partial charge in [0.15, 0.2) is 0 Å². The van der Waals surface area contributed by atoms with E-state index in [1.165, 1.54) is 23.1 Å². The molecule has 4 rings (SSSR count). The van der Waals surface area contributed by atoms with Gasteiger partial charge in [-0.2, -0.15) is 0 Å². The second kappa shape index (κ2) is 7.11. The minimum atomic E-state index is -0.610. The molecule has 1 aliphatic rings. The van der Waals surface area contributed by atoms with Gasteiger partial charge < -0.3 is 15.6 Å². The Bertz CT molecular complexity index is 981. The number of hydrogen-bond donors (Lipinski definition) is 3. The monoisotopic (exact) mass is 366 g/mol. The first-order valence-electron chi connectivity index (χ1n) is 8.81. The van der Waals surface area contributed by atoms with Crippen LogP contribution in [0.3, 0.4) is 0 Å². The Morgan fingerprint density at radius 1 is 1.19 bits per heavy atom. The lowest BCUT2D eigenvalue weighted by molar-refractivity contribution is 0.0950. The zero-order valence-corrected chi connectivity index (χ0v) is 14.6. The second-order valence-electron chi connectivity index (χ2n) is 6.44. The summed E-state index contributed by atoms with van der Waals surface area (Å²) in [4.78, 5) is 28.9. The highest BCUT2D eigenvalue weighted by molar-refractivity contribution is 5.98. The van der Waals surface area contributed by atoms with Crippen LogP contribution in [0.1, 0.15) is 16.1 Å². The summed E-state index contributed by atoms with van der Waals surface area (Å²) in [6.45, 7) is 1.40. The predicted octanol–water partition coefficient (Wildman–Crippen LogP) is 2.81. The SMILES string of the molecule is O=C(NCCc1cc2ccccc2[nH]1)c1cc(N2CCNC2=O)ccc1F.